The van der Waals surface area contributed by atoms with Gasteiger partial charge in [-0.3, -0.25) is 4.79 Å². The number of sulfone groups is 1. The molecule has 1 aromatic rings. The lowest BCUT2D eigenvalue weighted by Gasteiger charge is -2.30. The van der Waals surface area contributed by atoms with Gasteiger partial charge in [-0.05, 0) is 44.5 Å². The highest BCUT2D eigenvalue weighted by Crippen LogP contribution is 2.22. The van der Waals surface area contributed by atoms with Gasteiger partial charge in [0.2, 0.25) is 5.91 Å². The van der Waals surface area contributed by atoms with Crippen molar-refractivity contribution in [1.29, 1.82) is 0 Å². The maximum atomic E-state index is 12.7. The molecule has 1 aliphatic heterocycles. The molecule has 10 heteroatoms. The van der Waals surface area contributed by atoms with E-state index < -0.39 is 28.7 Å². The number of ether oxygens (including phenoxy) is 1. The molecule has 0 aromatic heterocycles. The fourth-order valence-corrected chi connectivity index (χ4v) is 4.72. The zero-order valence-electron chi connectivity index (χ0n) is 15.1. The maximum Gasteiger partial charge on any atom is 0.422 e. The van der Waals surface area contributed by atoms with Gasteiger partial charge in [-0.1, -0.05) is 0 Å². The molecule has 0 aliphatic carbocycles. The van der Waals surface area contributed by atoms with E-state index in [4.69, 9.17) is 0 Å². The second kappa shape index (κ2) is 8.37. The van der Waals surface area contributed by atoms with Crippen LogP contribution in [0.25, 0.3) is 0 Å². The van der Waals surface area contributed by atoms with Crippen molar-refractivity contribution in [2.45, 2.75) is 38.5 Å². The molecule has 0 bridgehead atoms. The first-order valence-corrected chi connectivity index (χ1v) is 10.4. The minimum atomic E-state index is -4.41. The molecule has 0 radical (unpaired) electrons. The van der Waals surface area contributed by atoms with Gasteiger partial charge in [-0.25, -0.2) is 8.42 Å². The van der Waals surface area contributed by atoms with E-state index >= 15 is 0 Å². The number of anilines is 1. The van der Waals surface area contributed by atoms with Crippen molar-refractivity contribution in [3.63, 3.8) is 0 Å². The summed E-state index contributed by atoms with van der Waals surface area (Å²) in [6.45, 7) is 2.48. The third-order valence-corrected chi connectivity index (χ3v) is 6.03. The first kappa shape index (κ1) is 21.3. The molecule has 6 nitrogen and oxygen atoms in total. The van der Waals surface area contributed by atoms with E-state index in [1.54, 1.807) is 18.7 Å². The van der Waals surface area contributed by atoms with Crippen molar-refractivity contribution in [2.24, 2.45) is 0 Å². The monoisotopic (exact) mass is 408 g/mol. The van der Waals surface area contributed by atoms with Crippen molar-refractivity contribution in [3.8, 4) is 5.75 Å². The van der Waals surface area contributed by atoms with Crippen LogP contribution in [0.3, 0.4) is 0 Å². The number of nitrogens with zero attached hydrogens (tertiary/aromatic N) is 1. The van der Waals surface area contributed by atoms with E-state index in [9.17, 15) is 26.4 Å². The molecule has 1 aromatic carbocycles. The summed E-state index contributed by atoms with van der Waals surface area (Å²) in [7, 11) is -3.10. The summed E-state index contributed by atoms with van der Waals surface area (Å²) < 4.78 is 64.4. The zero-order chi connectivity index (χ0) is 20.2. The second-order valence-electron chi connectivity index (χ2n) is 6.48. The lowest BCUT2D eigenvalue weighted by Crippen LogP contribution is -2.47. The number of alkyl halides is 3. The van der Waals surface area contributed by atoms with E-state index in [2.05, 4.69) is 10.1 Å². The number of hydrogen-bond acceptors (Lipinski definition) is 5. The highest BCUT2D eigenvalue weighted by Gasteiger charge is 2.35. The highest BCUT2D eigenvalue weighted by molar-refractivity contribution is 7.91. The van der Waals surface area contributed by atoms with Crippen LogP contribution in [-0.4, -0.2) is 62.1 Å². The standard InChI is InChI=1S/C17H23F3N2O4S/c1-3-22(14-8-9-27(24,25)10-14)16(23)12(2)21-13-4-6-15(7-5-13)26-11-17(18,19)20/h4-7,12,14,21H,3,8-11H2,1-2H3/t12-,14+/m1/s1. The van der Waals surface area contributed by atoms with Crippen LogP contribution in [-0.2, 0) is 14.6 Å². The Morgan fingerprint density at radius 2 is 1.96 bits per heavy atom. The molecule has 1 heterocycles. The van der Waals surface area contributed by atoms with Crippen LogP contribution < -0.4 is 10.1 Å². The Kier molecular flexibility index (Phi) is 6.61. The van der Waals surface area contributed by atoms with E-state index in [-0.39, 0.29) is 29.2 Å². The van der Waals surface area contributed by atoms with Gasteiger partial charge in [0.1, 0.15) is 11.8 Å². The predicted molar refractivity (Wildman–Crippen MR) is 95.5 cm³/mol. The molecule has 2 atom stereocenters. The molecule has 152 valence electrons. The Hall–Kier alpha value is -1.97. The lowest BCUT2D eigenvalue weighted by molar-refractivity contribution is -0.153. The summed E-state index contributed by atoms with van der Waals surface area (Å²) in [4.78, 5) is 14.2. The summed E-state index contributed by atoms with van der Waals surface area (Å²) in [5.74, 6) is -0.0899. The van der Waals surface area contributed by atoms with Gasteiger partial charge in [0.15, 0.2) is 16.4 Å². The fourth-order valence-electron chi connectivity index (χ4n) is 2.99. The Labute approximate surface area is 156 Å². The number of halogens is 3. The van der Waals surface area contributed by atoms with Crippen molar-refractivity contribution in [3.05, 3.63) is 24.3 Å². The molecule has 0 spiro atoms. The number of carbonyl (C=O) groups is 1. The molecule has 0 unspecified atom stereocenters. The summed E-state index contributed by atoms with van der Waals surface area (Å²) in [5.41, 5.74) is 0.547. The van der Waals surface area contributed by atoms with Crippen molar-refractivity contribution >= 4 is 21.4 Å². The molecule has 1 amide bonds. The highest BCUT2D eigenvalue weighted by atomic mass is 32.2. The number of nitrogens with one attached hydrogen (secondary N) is 1. The largest absolute Gasteiger partial charge is 0.484 e. The predicted octanol–water partition coefficient (Wildman–Crippen LogP) is 2.46. The number of benzene rings is 1. The first-order valence-electron chi connectivity index (χ1n) is 8.58. The van der Waals surface area contributed by atoms with Crippen LogP contribution in [0.2, 0.25) is 0 Å². The van der Waals surface area contributed by atoms with Crippen molar-refractivity contribution in [1.82, 2.24) is 4.90 Å². The Morgan fingerprint density at radius 3 is 2.44 bits per heavy atom. The summed E-state index contributed by atoms with van der Waals surface area (Å²) in [6.07, 6.45) is -3.98. The molecule has 1 fully saturated rings. The molecular weight excluding hydrogens is 385 g/mol. The van der Waals surface area contributed by atoms with Gasteiger partial charge in [-0.15, -0.1) is 0 Å². The van der Waals surface area contributed by atoms with Crippen LogP contribution in [0.4, 0.5) is 18.9 Å². The lowest BCUT2D eigenvalue weighted by atomic mass is 10.1. The van der Waals surface area contributed by atoms with E-state index in [0.29, 0.717) is 18.7 Å². The van der Waals surface area contributed by atoms with Crippen LogP contribution in [0.5, 0.6) is 5.75 Å². The van der Waals surface area contributed by atoms with E-state index in [1.807, 2.05) is 0 Å². The summed E-state index contributed by atoms with van der Waals surface area (Å²) in [5, 5.41) is 2.98. The van der Waals surface area contributed by atoms with Crippen LogP contribution in [0.15, 0.2) is 24.3 Å². The zero-order valence-corrected chi connectivity index (χ0v) is 15.9. The number of hydrogen-bond donors (Lipinski definition) is 1. The van der Waals surface area contributed by atoms with Crippen LogP contribution >= 0.6 is 0 Å². The number of amides is 1. The molecule has 1 aliphatic rings. The third-order valence-electron chi connectivity index (χ3n) is 4.28. The number of rotatable bonds is 7. The van der Waals surface area contributed by atoms with Crippen molar-refractivity contribution in [2.75, 3.05) is 30.0 Å². The number of carbonyl (C=O) groups excluding carboxylic acids is 1. The van der Waals surface area contributed by atoms with Gasteiger partial charge in [0, 0.05) is 18.3 Å². The molecule has 1 N–H and O–H groups in total. The first-order chi connectivity index (χ1) is 12.5. The second-order valence-corrected chi connectivity index (χ2v) is 8.70. The van der Waals surface area contributed by atoms with Crippen LogP contribution in [0.1, 0.15) is 20.3 Å². The minimum Gasteiger partial charge on any atom is -0.484 e. The maximum absolute atomic E-state index is 12.7. The smallest absolute Gasteiger partial charge is 0.422 e. The Morgan fingerprint density at radius 1 is 1.33 bits per heavy atom. The minimum absolute atomic E-state index is 0.0233. The van der Waals surface area contributed by atoms with Gasteiger partial charge in [0.25, 0.3) is 0 Å². The molecule has 1 saturated heterocycles. The van der Waals surface area contributed by atoms with Gasteiger partial charge in [-0.2, -0.15) is 13.2 Å². The average Bonchev–Trinajstić information content (AvgIpc) is 2.93. The Bertz CT molecular complexity index is 750. The quantitative estimate of drug-likeness (QED) is 0.750. The molecule has 0 saturated carbocycles. The van der Waals surface area contributed by atoms with E-state index in [0.717, 1.165) is 0 Å². The van der Waals surface area contributed by atoms with Crippen LogP contribution in [0, 0.1) is 0 Å². The van der Waals surface area contributed by atoms with Crippen molar-refractivity contribution < 1.29 is 31.1 Å². The van der Waals surface area contributed by atoms with Gasteiger partial charge in [0.05, 0.1) is 11.5 Å². The third kappa shape index (κ3) is 6.30. The van der Waals surface area contributed by atoms with Gasteiger partial charge < -0.3 is 15.0 Å². The molecule has 2 rings (SSSR count). The average molecular weight is 408 g/mol. The Balaban J connectivity index is 1.95. The summed E-state index contributed by atoms with van der Waals surface area (Å²) in [6, 6.07) is 4.86. The van der Waals surface area contributed by atoms with E-state index in [1.165, 1.54) is 24.3 Å². The van der Waals surface area contributed by atoms with Gasteiger partial charge >= 0.3 is 6.18 Å². The summed E-state index contributed by atoms with van der Waals surface area (Å²) >= 11 is 0. The SMILES string of the molecule is CCN(C(=O)[C@@H](C)Nc1ccc(OCC(F)(F)F)cc1)[C@H]1CCS(=O)(=O)C1. The molecule has 27 heavy (non-hydrogen) atoms. The fraction of sp³-hybridized carbons (Fsp3) is 0.588. The normalized spacial score (nSPS) is 20.1. The molecular formula is C17H23F3N2O4S. The number of likely N-dealkylation sites (N-methyl/N-ethyl adjacent to an activating group) is 1. The topological polar surface area (TPSA) is 75.7 Å².